The molecule has 0 aliphatic carbocycles. The second kappa shape index (κ2) is 6.54. The van der Waals surface area contributed by atoms with E-state index in [9.17, 15) is 30.0 Å². The standard InChI is InChI=1S/C12H21NO9/c1-5(15)12(13)7(17)3-11(21-2,10(19)20)22-9(12)8(18)6(16)4-14/h6-9,14,16-18H,3-4,13H2,1-2H3,(H,19,20)/t6-,7+,8-,9+,11+,12-/m1/s1. The molecule has 10 nitrogen and oxygen atoms in total. The minimum atomic E-state index is -2.35. The molecule has 1 heterocycles. The van der Waals surface area contributed by atoms with Gasteiger partial charge in [0.15, 0.2) is 5.78 Å². The van der Waals surface area contributed by atoms with Crippen LogP contribution < -0.4 is 5.73 Å². The molecule has 0 bridgehead atoms. The Morgan fingerprint density at radius 1 is 1.45 bits per heavy atom. The first-order valence-corrected chi connectivity index (χ1v) is 6.48. The number of ketones is 1. The van der Waals surface area contributed by atoms with Crippen LogP contribution in [-0.2, 0) is 19.1 Å². The largest absolute Gasteiger partial charge is 0.477 e. The van der Waals surface area contributed by atoms with Crippen LogP contribution in [0.5, 0.6) is 0 Å². The number of carboxylic acid groups (broad SMARTS) is 1. The molecule has 6 atom stereocenters. The first kappa shape index (κ1) is 18.9. The Bertz CT molecular complexity index is 444. The summed E-state index contributed by atoms with van der Waals surface area (Å²) < 4.78 is 9.94. The number of methoxy groups -OCH3 is 1. The van der Waals surface area contributed by atoms with Crippen molar-refractivity contribution in [1.29, 1.82) is 0 Å². The molecule has 1 aliphatic rings. The lowest BCUT2D eigenvalue weighted by atomic mass is 9.75. The van der Waals surface area contributed by atoms with E-state index in [1.165, 1.54) is 0 Å². The summed E-state index contributed by atoms with van der Waals surface area (Å²) in [5.74, 6) is -4.74. The summed E-state index contributed by atoms with van der Waals surface area (Å²) in [4.78, 5) is 23.2. The maximum absolute atomic E-state index is 11.8. The summed E-state index contributed by atoms with van der Waals surface area (Å²) in [7, 11) is 1.00. The van der Waals surface area contributed by atoms with E-state index in [4.69, 9.17) is 20.3 Å². The van der Waals surface area contributed by atoms with Gasteiger partial charge in [0.1, 0.15) is 23.9 Å². The van der Waals surface area contributed by atoms with Crippen LogP contribution in [0.25, 0.3) is 0 Å². The lowest BCUT2D eigenvalue weighted by Crippen LogP contribution is -2.76. The predicted molar refractivity (Wildman–Crippen MR) is 69.6 cm³/mol. The van der Waals surface area contributed by atoms with Crippen molar-refractivity contribution in [2.45, 2.75) is 49.1 Å². The summed E-state index contributed by atoms with van der Waals surface area (Å²) >= 11 is 0. The highest BCUT2D eigenvalue weighted by atomic mass is 16.7. The molecular formula is C12H21NO9. The number of Topliss-reactive ketones (excluding diaryl/α,β-unsaturated/α-hetero) is 1. The van der Waals surface area contributed by atoms with E-state index in [1.807, 2.05) is 0 Å². The number of aliphatic hydroxyl groups is 4. The fourth-order valence-corrected chi connectivity index (χ4v) is 2.42. The monoisotopic (exact) mass is 323 g/mol. The zero-order valence-electron chi connectivity index (χ0n) is 12.2. The van der Waals surface area contributed by atoms with Gasteiger partial charge in [0.25, 0.3) is 5.79 Å². The van der Waals surface area contributed by atoms with Crippen molar-refractivity contribution in [1.82, 2.24) is 0 Å². The number of ether oxygens (including phenoxy) is 2. The number of aliphatic carboxylic acids is 1. The maximum Gasteiger partial charge on any atom is 0.364 e. The van der Waals surface area contributed by atoms with Crippen LogP contribution in [0.3, 0.4) is 0 Å². The normalized spacial score (nSPS) is 38.3. The van der Waals surface area contributed by atoms with E-state index in [0.29, 0.717) is 0 Å². The minimum absolute atomic E-state index is 0.659. The molecule has 0 aromatic rings. The van der Waals surface area contributed by atoms with Crippen LogP contribution >= 0.6 is 0 Å². The van der Waals surface area contributed by atoms with Crippen LogP contribution in [0.2, 0.25) is 0 Å². The molecule has 0 aromatic carbocycles. The third kappa shape index (κ3) is 2.86. The molecule has 1 fully saturated rings. The van der Waals surface area contributed by atoms with Gasteiger partial charge in [-0.05, 0) is 6.92 Å². The number of carbonyl (C=O) groups excluding carboxylic acids is 1. The van der Waals surface area contributed by atoms with Gasteiger partial charge in [-0.1, -0.05) is 0 Å². The molecule has 0 spiro atoms. The van der Waals surface area contributed by atoms with Crippen molar-refractivity contribution in [2.24, 2.45) is 5.73 Å². The van der Waals surface area contributed by atoms with E-state index >= 15 is 0 Å². The highest BCUT2D eigenvalue weighted by molar-refractivity contribution is 5.88. The lowest BCUT2D eigenvalue weighted by molar-refractivity contribution is -0.311. The average molecular weight is 323 g/mol. The minimum Gasteiger partial charge on any atom is -0.477 e. The predicted octanol–water partition coefficient (Wildman–Crippen LogP) is -3.44. The van der Waals surface area contributed by atoms with Crippen LogP contribution in [-0.4, -0.2) is 86.7 Å². The van der Waals surface area contributed by atoms with Crippen molar-refractivity contribution in [3.63, 3.8) is 0 Å². The fraction of sp³-hybridized carbons (Fsp3) is 0.833. The van der Waals surface area contributed by atoms with E-state index in [2.05, 4.69) is 0 Å². The van der Waals surface area contributed by atoms with Crippen molar-refractivity contribution in [3.8, 4) is 0 Å². The molecule has 1 rings (SSSR count). The van der Waals surface area contributed by atoms with Crippen molar-refractivity contribution < 1.29 is 44.6 Å². The van der Waals surface area contributed by atoms with Gasteiger partial charge < -0.3 is 40.7 Å². The molecule has 0 aromatic heterocycles. The van der Waals surface area contributed by atoms with Crippen LogP contribution in [0, 0.1) is 0 Å². The number of aliphatic hydroxyl groups excluding tert-OH is 4. The Kier molecular flexibility index (Phi) is 5.62. The number of hydrogen-bond donors (Lipinski definition) is 6. The smallest absolute Gasteiger partial charge is 0.364 e. The molecule has 0 radical (unpaired) electrons. The SMILES string of the molecule is CO[C@@]1(C(=O)O)C[C@H](O)[C@](N)(C(C)=O)[C@H]([C@H](O)[C@H](O)CO)O1. The van der Waals surface area contributed by atoms with E-state index in [-0.39, 0.29) is 0 Å². The van der Waals surface area contributed by atoms with E-state index < -0.39 is 60.5 Å². The Labute approximate surface area is 126 Å². The first-order chi connectivity index (χ1) is 10.1. The van der Waals surface area contributed by atoms with Crippen molar-refractivity contribution in [3.05, 3.63) is 0 Å². The van der Waals surface area contributed by atoms with Crippen LogP contribution in [0.15, 0.2) is 0 Å². The third-order valence-electron chi connectivity index (χ3n) is 3.96. The second-order valence-electron chi connectivity index (χ2n) is 5.25. The van der Waals surface area contributed by atoms with Gasteiger partial charge in [-0.2, -0.15) is 0 Å². The number of carbonyl (C=O) groups is 2. The van der Waals surface area contributed by atoms with Crippen LogP contribution in [0.1, 0.15) is 13.3 Å². The molecule has 0 amide bonds. The van der Waals surface area contributed by atoms with Gasteiger partial charge in [-0.25, -0.2) is 4.79 Å². The number of rotatable bonds is 6. The summed E-state index contributed by atoms with van der Waals surface area (Å²) in [6, 6.07) is 0. The Hall–Kier alpha value is -1.14. The molecule has 0 unspecified atom stereocenters. The molecule has 7 N–H and O–H groups in total. The molecule has 22 heavy (non-hydrogen) atoms. The zero-order valence-corrected chi connectivity index (χ0v) is 12.2. The van der Waals surface area contributed by atoms with Gasteiger partial charge in [-0.3, -0.25) is 4.79 Å². The Balaban J connectivity index is 3.34. The molecular weight excluding hydrogens is 302 g/mol. The maximum atomic E-state index is 11.8. The highest BCUT2D eigenvalue weighted by Gasteiger charge is 2.62. The third-order valence-corrected chi connectivity index (χ3v) is 3.96. The highest BCUT2D eigenvalue weighted by Crippen LogP contribution is 2.37. The van der Waals surface area contributed by atoms with E-state index in [0.717, 1.165) is 14.0 Å². The topological polar surface area (TPSA) is 180 Å². The van der Waals surface area contributed by atoms with Gasteiger partial charge in [0, 0.05) is 13.5 Å². The first-order valence-electron chi connectivity index (χ1n) is 6.48. The van der Waals surface area contributed by atoms with Gasteiger partial charge in [0.2, 0.25) is 0 Å². The Morgan fingerprint density at radius 2 is 2.00 bits per heavy atom. The summed E-state index contributed by atoms with van der Waals surface area (Å²) in [6.45, 7) is 0.135. The summed E-state index contributed by atoms with van der Waals surface area (Å²) in [5, 5.41) is 47.9. The van der Waals surface area contributed by atoms with Gasteiger partial charge in [-0.15, -0.1) is 0 Å². The fourth-order valence-electron chi connectivity index (χ4n) is 2.42. The summed E-state index contributed by atoms with van der Waals surface area (Å²) in [5.41, 5.74) is 3.66. The average Bonchev–Trinajstić information content (AvgIpc) is 2.47. The number of carboxylic acids is 1. The molecule has 10 heteroatoms. The van der Waals surface area contributed by atoms with Crippen LogP contribution in [0.4, 0.5) is 0 Å². The number of hydrogen-bond acceptors (Lipinski definition) is 9. The molecule has 1 saturated heterocycles. The number of nitrogens with two attached hydrogens (primary N) is 1. The summed E-state index contributed by atoms with van der Waals surface area (Å²) in [6.07, 6.45) is -7.89. The van der Waals surface area contributed by atoms with Gasteiger partial charge >= 0.3 is 5.97 Å². The van der Waals surface area contributed by atoms with Crippen molar-refractivity contribution >= 4 is 11.8 Å². The van der Waals surface area contributed by atoms with E-state index in [1.54, 1.807) is 0 Å². The second-order valence-corrected chi connectivity index (χ2v) is 5.25. The molecule has 128 valence electrons. The molecule has 1 aliphatic heterocycles. The molecule has 0 saturated carbocycles. The quantitative estimate of drug-likeness (QED) is 0.288. The lowest BCUT2D eigenvalue weighted by Gasteiger charge is -2.50. The van der Waals surface area contributed by atoms with Gasteiger partial charge in [0.05, 0.1) is 12.7 Å². The zero-order chi connectivity index (χ0) is 17.3. The Morgan fingerprint density at radius 3 is 2.36 bits per heavy atom. The van der Waals surface area contributed by atoms with Crippen molar-refractivity contribution in [2.75, 3.05) is 13.7 Å².